The molecule has 3 aromatic carbocycles. The van der Waals surface area contributed by atoms with Gasteiger partial charge in [-0.05, 0) is 48.4 Å². The number of rotatable bonds is 9. The summed E-state index contributed by atoms with van der Waals surface area (Å²) in [5, 5.41) is 3.47. The first-order valence-electron chi connectivity index (χ1n) is 10.6. The van der Waals surface area contributed by atoms with Crippen LogP contribution in [0.3, 0.4) is 0 Å². The number of hydrogen-bond acceptors (Lipinski definition) is 3. The summed E-state index contributed by atoms with van der Waals surface area (Å²) in [5.41, 5.74) is 2.35. The van der Waals surface area contributed by atoms with Gasteiger partial charge in [0.25, 0.3) is 0 Å². The van der Waals surface area contributed by atoms with Gasteiger partial charge in [0.05, 0.1) is 13.5 Å². The summed E-state index contributed by atoms with van der Waals surface area (Å²) < 4.78 is 18.7. The molecule has 5 nitrogen and oxygen atoms in total. The van der Waals surface area contributed by atoms with Gasteiger partial charge in [0.15, 0.2) is 0 Å². The molecule has 0 saturated carbocycles. The van der Waals surface area contributed by atoms with Crippen molar-refractivity contribution in [1.82, 2.24) is 10.2 Å². The normalized spacial score (nSPS) is 11.5. The lowest BCUT2D eigenvalue weighted by Gasteiger charge is -2.29. The number of nitrogens with zero attached hydrogens (tertiary/aromatic N) is 1. The molecule has 0 saturated heterocycles. The van der Waals surface area contributed by atoms with Crippen LogP contribution < -0.4 is 10.1 Å². The van der Waals surface area contributed by atoms with E-state index in [0.717, 1.165) is 16.7 Å². The van der Waals surface area contributed by atoms with Crippen LogP contribution in [0, 0.1) is 5.82 Å². The van der Waals surface area contributed by atoms with Crippen LogP contribution in [0.25, 0.3) is 0 Å². The lowest BCUT2D eigenvalue weighted by molar-refractivity contribution is -0.140. The van der Waals surface area contributed by atoms with Crippen LogP contribution in [-0.2, 0) is 29.1 Å². The van der Waals surface area contributed by atoms with Crippen molar-refractivity contribution in [3.8, 4) is 5.75 Å². The average molecular weight is 469 g/mol. The second kappa shape index (κ2) is 11.5. The number of amides is 2. The molecule has 1 atom stereocenters. The Morgan fingerprint density at radius 3 is 2.30 bits per heavy atom. The Kier molecular flexibility index (Phi) is 8.44. The van der Waals surface area contributed by atoms with Crippen molar-refractivity contribution < 1.29 is 18.7 Å². The fourth-order valence-corrected chi connectivity index (χ4v) is 3.55. The second-order valence-electron chi connectivity index (χ2n) is 7.66. The molecule has 0 fully saturated rings. The minimum atomic E-state index is -0.746. The molecule has 0 bridgehead atoms. The second-order valence-corrected chi connectivity index (χ2v) is 8.09. The number of carbonyl (C=O) groups excluding carboxylic acids is 2. The molecule has 172 valence electrons. The molecule has 1 unspecified atom stereocenters. The Morgan fingerprint density at radius 1 is 1.00 bits per heavy atom. The molecule has 0 aliphatic rings. The van der Waals surface area contributed by atoms with Gasteiger partial charge in [-0.25, -0.2) is 4.39 Å². The van der Waals surface area contributed by atoms with E-state index in [-0.39, 0.29) is 37.1 Å². The number of carbonyl (C=O) groups is 2. The van der Waals surface area contributed by atoms with E-state index in [1.807, 2.05) is 24.3 Å². The number of nitrogens with one attached hydrogen (secondary N) is 1. The minimum Gasteiger partial charge on any atom is -0.496 e. The molecule has 33 heavy (non-hydrogen) atoms. The highest BCUT2D eigenvalue weighted by Gasteiger charge is 2.26. The van der Waals surface area contributed by atoms with E-state index in [1.165, 1.54) is 17.0 Å². The topological polar surface area (TPSA) is 58.6 Å². The van der Waals surface area contributed by atoms with Crippen LogP contribution in [-0.4, -0.2) is 29.9 Å². The first-order chi connectivity index (χ1) is 15.9. The zero-order valence-electron chi connectivity index (χ0n) is 18.6. The summed E-state index contributed by atoms with van der Waals surface area (Å²) in [6, 6.07) is 19.6. The number of hydrogen-bond donors (Lipinski definition) is 1. The Labute approximate surface area is 198 Å². The summed E-state index contributed by atoms with van der Waals surface area (Å²) in [7, 11) is 1.57. The molecule has 3 aromatic rings. The van der Waals surface area contributed by atoms with Crippen molar-refractivity contribution in [2.45, 2.75) is 32.5 Å². The van der Waals surface area contributed by atoms with Crippen molar-refractivity contribution in [1.29, 1.82) is 0 Å². The van der Waals surface area contributed by atoms with E-state index in [1.54, 1.807) is 50.4 Å². The van der Waals surface area contributed by atoms with Gasteiger partial charge in [-0.15, -0.1) is 0 Å². The maximum atomic E-state index is 13.3. The molecule has 1 N–H and O–H groups in total. The predicted octanol–water partition coefficient (Wildman–Crippen LogP) is 4.76. The van der Waals surface area contributed by atoms with E-state index in [0.29, 0.717) is 10.8 Å². The number of methoxy groups -OCH3 is 1. The summed E-state index contributed by atoms with van der Waals surface area (Å²) >= 11 is 5.94. The van der Waals surface area contributed by atoms with Crippen LogP contribution in [0.15, 0.2) is 72.8 Å². The van der Waals surface area contributed by atoms with E-state index < -0.39 is 6.04 Å². The number of benzene rings is 3. The Morgan fingerprint density at radius 2 is 1.64 bits per heavy atom. The smallest absolute Gasteiger partial charge is 0.242 e. The molecule has 0 aromatic heterocycles. The Bertz CT molecular complexity index is 1090. The van der Waals surface area contributed by atoms with Gasteiger partial charge < -0.3 is 15.0 Å². The number of ether oxygens (including phenoxy) is 1. The van der Waals surface area contributed by atoms with Crippen molar-refractivity contribution in [3.05, 3.63) is 100 Å². The standard InChI is InChI=1S/C26H26ClFN2O3/c1-18(26(32)29-16-21-5-3-4-6-24(21)33-2)30(17-20-9-13-23(28)14-10-20)25(31)15-19-7-11-22(27)12-8-19/h3-14,18H,15-17H2,1-2H3,(H,29,32). The van der Waals surface area contributed by atoms with Crippen molar-refractivity contribution in [2.24, 2.45) is 0 Å². The SMILES string of the molecule is COc1ccccc1CNC(=O)C(C)N(Cc1ccc(F)cc1)C(=O)Cc1ccc(Cl)cc1. The van der Waals surface area contributed by atoms with Gasteiger partial charge in [0, 0.05) is 23.7 Å². The highest BCUT2D eigenvalue weighted by Crippen LogP contribution is 2.18. The van der Waals surface area contributed by atoms with Crippen LogP contribution in [0.5, 0.6) is 5.75 Å². The molecule has 7 heteroatoms. The predicted molar refractivity (Wildman–Crippen MR) is 126 cm³/mol. The molecule has 0 heterocycles. The monoisotopic (exact) mass is 468 g/mol. The Balaban J connectivity index is 1.75. The highest BCUT2D eigenvalue weighted by atomic mass is 35.5. The molecular formula is C26H26ClFN2O3. The van der Waals surface area contributed by atoms with E-state index >= 15 is 0 Å². The van der Waals surface area contributed by atoms with Crippen LogP contribution >= 0.6 is 11.6 Å². The van der Waals surface area contributed by atoms with Gasteiger partial charge in [-0.2, -0.15) is 0 Å². The maximum absolute atomic E-state index is 13.3. The third-order valence-electron chi connectivity index (χ3n) is 5.35. The first kappa shape index (κ1) is 24.3. The molecule has 2 amide bonds. The van der Waals surface area contributed by atoms with E-state index in [4.69, 9.17) is 16.3 Å². The van der Waals surface area contributed by atoms with Crippen LogP contribution in [0.1, 0.15) is 23.6 Å². The number of halogens is 2. The van der Waals surface area contributed by atoms with Gasteiger partial charge in [-0.1, -0.05) is 54.1 Å². The minimum absolute atomic E-state index is 0.114. The summed E-state index contributed by atoms with van der Waals surface area (Å²) in [6.45, 7) is 2.12. The third kappa shape index (κ3) is 6.80. The molecular weight excluding hydrogens is 443 g/mol. The summed E-state index contributed by atoms with van der Waals surface area (Å²) in [4.78, 5) is 27.7. The Hall–Kier alpha value is -3.38. The highest BCUT2D eigenvalue weighted by molar-refractivity contribution is 6.30. The zero-order valence-corrected chi connectivity index (χ0v) is 19.3. The fourth-order valence-electron chi connectivity index (χ4n) is 3.43. The van der Waals surface area contributed by atoms with E-state index in [2.05, 4.69) is 5.32 Å². The molecule has 0 radical (unpaired) electrons. The lowest BCUT2D eigenvalue weighted by atomic mass is 10.1. The van der Waals surface area contributed by atoms with Crippen LogP contribution in [0.4, 0.5) is 4.39 Å². The average Bonchev–Trinajstić information content (AvgIpc) is 2.83. The van der Waals surface area contributed by atoms with Crippen molar-refractivity contribution >= 4 is 23.4 Å². The first-order valence-corrected chi connectivity index (χ1v) is 10.9. The number of para-hydroxylation sites is 1. The van der Waals surface area contributed by atoms with Gasteiger partial charge >= 0.3 is 0 Å². The summed E-state index contributed by atoms with van der Waals surface area (Å²) in [6.07, 6.45) is 0.114. The molecule has 0 spiro atoms. The van der Waals surface area contributed by atoms with Crippen molar-refractivity contribution in [3.63, 3.8) is 0 Å². The van der Waals surface area contributed by atoms with Crippen molar-refractivity contribution in [2.75, 3.05) is 7.11 Å². The lowest BCUT2D eigenvalue weighted by Crippen LogP contribution is -2.48. The quantitative estimate of drug-likeness (QED) is 0.492. The molecule has 0 aliphatic heterocycles. The van der Waals surface area contributed by atoms with E-state index in [9.17, 15) is 14.0 Å². The van der Waals surface area contributed by atoms with Gasteiger partial charge in [-0.3, -0.25) is 9.59 Å². The molecule has 3 rings (SSSR count). The van der Waals surface area contributed by atoms with Gasteiger partial charge in [0.2, 0.25) is 11.8 Å². The third-order valence-corrected chi connectivity index (χ3v) is 5.60. The van der Waals surface area contributed by atoms with Crippen LogP contribution in [0.2, 0.25) is 5.02 Å². The zero-order chi connectivity index (χ0) is 23.8. The largest absolute Gasteiger partial charge is 0.496 e. The fraction of sp³-hybridized carbons (Fsp3) is 0.231. The molecule has 0 aliphatic carbocycles. The maximum Gasteiger partial charge on any atom is 0.242 e. The summed E-state index contributed by atoms with van der Waals surface area (Å²) in [5.74, 6) is -0.207. The van der Waals surface area contributed by atoms with Gasteiger partial charge in [0.1, 0.15) is 17.6 Å².